The molecule has 122 valence electrons. The lowest BCUT2D eigenvalue weighted by Gasteiger charge is -2.13. The fraction of sp³-hybridized carbons (Fsp3) is 0.375. The molecule has 1 N–H and O–H groups in total. The highest BCUT2D eigenvalue weighted by atomic mass is 32.2. The standard InChI is InChI=1S/C16H20N4O2S/c1-4-20-10-17-19-16(20)23-9-15(22)14-7-5-13(6-8-14)11(2)18-12(3)21/h5-8,10-11H,4,9H2,1-3H3,(H,18,21)/t11-/m0/s1. The predicted octanol–water partition coefficient (Wildman–Crippen LogP) is 2.47. The summed E-state index contributed by atoms with van der Waals surface area (Å²) < 4.78 is 1.90. The zero-order valence-electron chi connectivity index (χ0n) is 13.4. The van der Waals surface area contributed by atoms with Crippen LogP contribution in [0.2, 0.25) is 0 Å². The van der Waals surface area contributed by atoms with Crippen LogP contribution in [0.15, 0.2) is 35.7 Å². The van der Waals surface area contributed by atoms with Gasteiger partial charge in [-0.3, -0.25) is 9.59 Å². The molecule has 0 fully saturated rings. The number of aryl methyl sites for hydroxylation is 1. The van der Waals surface area contributed by atoms with Crippen molar-refractivity contribution in [3.8, 4) is 0 Å². The number of thioether (sulfide) groups is 1. The van der Waals surface area contributed by atoms with E-state index < -0.39 is 0 Å². The number of carbonyl (C=O) groups is 2. The molecule has 0 radical (unpaired) electrons. The summed E-state index contributed by atoms with van der Waals surface area (Å²) in [4.78, 5) is 23.3. The monoisotopic (exact) mass is 332 g/mol. The second-order valence-electron chi connectivity index (χ2n) is 5.16. The topological polar surface area (TPSA) is 76.9 Å². The third-order valence-corrected chi connectivity index (χ3v) is 4.39. The minimum atomic E-state index is -0.0749. The van der Waals surface area contributed by atoms with Crippen molar-refractivity contribution in [2.45, 2.75) is 38.5 Å². The minimum absolute atomic E-state index is 0.0411. The number of benzene rings is 1. The van der Waals surface area contributed by atoms with Gasteiger partial charge in [-0.2, -0.15) is 0 Å². The van der Waals surface area contributed by atoms with E-state index >= 15 is 0 Å². The summed E-state index contributed by atoms with van der Waals surface area (Å²) in [5.74, 6) is 0.285. The number of amides is 1. The zero-order valence-corrected chi connectivity index (χ0v) is 14.3. The molecular formula is C16H20N4O2S. The van der Waals surface area contributed by atoms with Gasteiger partial charge in [0, 0.05) is 19.0 Å². The molecule has 0 aliphatic heterocycles. The van der Waals surface area contributed by atoms with Crippen LogP contribution in [0, 0.1) is 0 Å². The Kier molecular flexibility index (Phi) is 5.92. The molecule has 23 heavy (non-hydrogen) atoms. The maximum absolute atomic E-state index is 12.3. The van der Waals surface area contributed by atoms with Crippen molar-refractivity contribution in [2.75, 3.05) is 5.75 Å². The molecule has 1 aromatic heterocycles. The molecule has 0 bridgehead atoms. The van der Waals surface area contributed by atoms with Crippen molar-refractivity contribution >= 4 is 23.5 Å². The number of hydrogen-bond donors (Lipinski definition) is 1. The van der Waals surface area contributed by atoms with Crippen LogP contribution in [-0.4, -0.2) is 32.2 Å². The molecule has 1 amide bonds. The van der Waals surface area contributed by atoms with Crippen molar-refractivity contribution in [1.82, 2.24) is 20.1 Å². The smallest absolute Gasteiger partial charge is 0.217 e. The number of nitrogens with zero attached hydrogens (tertiary/aromatic N) is 3. The average Bonchev–Trinajstić information content (AvgIpc) is 2.99. The Morgan fingerprint density at radius 3 is 2.61 bits per heavy atom. The van der Waals surface area contributed by atoms with Crippen LogP contribution in [0.25, 0.3) is 0 Å². The summed E-state index contributed by atoms with van der Waals surface area (Å²) in [6.45, 7) is 6.18. The Labute approximate surface area is 139 Å². The van der Waals surface area contributed by atoms with Gasteiger partial charge in [0.15, 0.2) is 10.9 Å². The van der Waals surface area contributed by atoms with E-state index in [1.54, 1.807) is 18.5 Å². The number of hydrogen-bond acceptors (Lipinski definition) is 5. The summed E-state index contributed by atoms with van der Waals surface area (Å²) in [6, 6.07) is 7.25. The Bertz CT molecular complexity index is 682. The van der Waals surface area contributed by atoms with E-state index in [9.17, 15) is 9.59 Å². The van der Waals surface area contributed by atoms with Gasteiger partial charge in [-0.1, -0.05) is 36.0 Å². The second kappa shape index (κ2) is 7.92. The molecule has 0 saturated heterocycles. The van der Waals surface area contributed by atoms with E-state index in [0.717, 1.165) is 17.3 Å². The van der Waals surface area contributed by atoms with Gasteiger partial charge in [0.1, 0.15) is 6.33 Å². The normalized spacial score (nSPS) is 12.0. The van der Waals surface area contributed by atoms with Gasteiger partial charge in [-0.05, 0) is 19.4 Å². The van der Waals surface area contributed by atoms with Crippen LogP contribution in [0.5, 0.6) is 0 Å². The predicted molar refractivity (Wildman–Crippen MR) is 89.4 cm³/mol. The summed E-state index contributed by atoms with van der Waals surface area (Å²) in [7, 11) is 0. The highest BCUT2D eigenvalue weighted by Gasteiger charge is 2.11. The lowest BCUT2D eigenvalue weighted by Crippen LogP contribution is -2.23. The molecule has 1 heterocycles. The fourth-order valence-electron chi connectivity index (χ4n) is 2.13. The molecule has 0 saturated carbocycles. The summed E-state index contributed by atoms with van der Waals surface area (Å²) in [5.41, 5.74) is 1.62. The number of ketones is 1. The number of rotatable bonds is 7. The molecule has 1 atom stereocenters. The van der Waals surface area contributed by atoms with Crippen molar-refractivity contribution < 1.29 is 9.59 Å². The Morgan fingerprint density at radius 2 is 2.00 bits per heavy atom. The van der Waals surface area contributed by atoms with Gasteiger partial charge in [-0.25, -0.2) is 0 Å². The van der Waals surface area contributed by atoms with Crippen LogP contribution in [0.3, 0.4) is 0 Å². The summed E-state index contributed by atoms with van der Waals surface area (Å²) in [5, 5.41) is 11.4. The van der Waals surface area contributed by atoms with Crippen molar-refractivity contribution in [3.63, 3.8) is 0 Å². The van der Waals surface area contributed by atoms with Crippen molar-refractivity contribution in [3.05, 3.63) is 41.7 Å². The molecule has 2 rings (SSSR count). The molecule has 2 aromatic rings. The maximum atomic E-state index is 12.3. The number of Topliss-reactive ketones (excluding diaryl/α,β-unsaturated/α-hetero) is 1. The lowest BCUT2D eigenvalue weighted by atomic mass is 10.0. The summed E-state index contributed by atoms with van der Waals surface area (Å²) in [6.07, 6.45) is 1.66. The quantitative estimate of drug-likeness (QED) is 0.622. The Hall–Kier alpha value is -2.15. The molecule has 0 spiro atoms. The van der Waals surface area contributed by atoms with Crippen LogP contribution < -0.4 is 5.32 Å². The van der Waals surface area contributed by atoms with Gasteiger partial charge in [0.25, 0.3) is 0 Å². The second-order valence-corrected chi connectivity index (χ2v) is 6.10. The van der Waals surface area contributed by atoms with Gasteiger partial charge >= 0.3 is 0 Å². The SMILES string of the molecule is CCn1cnnc1SCC(=O)c1ccc([C@H](C)NC(C)=O)cc1. The average molecular weight is 332 g/mol. The Morgan fingerprint density at radius 1 is 1.30 bits per heavy atom. The fourth-order valence-corrected chi connectivity index (χ4v) is 3.01. The first-order chi connectivity index (χ1) is 11.0. The van der Waals surface area contributed by atoms with Crippen LogP contribution in [0.4, 0.5) is 0 Å². The lowest BCUT2D eigenvalue weighted by molar-refractivity contribution is -0.119. The van der Waals surface area contributed by atoms with E-state index in [0.29, 0.717) is 11.3 Å². The van der Waals surface area contributed by atoms with Crippen molar-refractivity contribution in [1.29, 1.82) is 0 Å². The van der Waals surface area contributed by atoms with E-state index in [1.807, 2.05) is 30.5 Å². The minimum Gasteiger partial charge on any atom is -0.350 e. The van der Waals surface area contributed by atoms with Gasteiger partial charge < -0.3 is 9.88 Å². The highest BCUT2D eigenvalue weighted by Crippen LogP contribution is 2.18. The van der Waals surface area contributed by atoms with E-state index in [-0.39, 0.29) is 17.7 Å². The number of aromatic nitrogens is 3. The molecule has 0 unspecified atom stereocenters. The molecule has 7 heteroatoms. The van der Waals surface area contributed by atoms with E-state index in [1.165, 1.54) is 18.7 Å². The molecule has 0 aliphatic carbocycles. The highest BCUT2D eigenvalue weighted by molar-refractivity contribution is 7.99. The van der Waals surface area contributed by atoms with Crippen LogP contribution >= 0.6 is 11.8 Å². The van der Waals surface area contributed by atoms with Gasteiger partial charge in [0.05, 0.1) is 11.8 Å². The molecule has 1 aromatic carbocycles. The molecule has 0 aliphatic rings. The first-order valence-electron chi connectivity index (χ1n) is 7.42. The van der Waals surface area contributed by atoms with Crippen LogP contribution in [-0.2, 0) is 11.3 Å². The Balaban J connectivity index is 1.96. The number of nitrogens with one attached hydrogen (secondary N) is 1. The first kappa shape index (κ1) is 17.2. The van der Waals surface area contributed by atoms with Gasteiger partial charge in [-0.15, -0.1) is 10.2 Å². The maximum Gasteiger partial charge on any atom is 0.217 e. The third kappa shape index (κ3) is 4.66. The molecule has 6 nitrogen and oxygen atoms in total. The van der Waals surface area contributed by atoms with Crippen LogP contribution in [0.1, 0.15) is 42.7 Å². The largest absolute Gasteiger partial charge is 0.350 e. The van der Waals surface area contributed by atoms with E-state index in [4.69, 9.17) is 0 Å². The molecular weight excluding hydrogens is 312 g/mol. The zero-order chi connectivity index (χ0) is 16.8. The first-order valence-corrected chi connectivity index (χ1v) is 8.40. The third-order valence-electron chi connectivity index (χ3n) is 3.41. The van der Waals surface area contributed by atoms with Crippen molar-refractivity contribution in [2.24, 2.45) is 0 Å². The van der Waals surface area contributed by atoms with Gasteiger partial charge in [0.2, 0.25) is 5.91 Å². The number of carbonyl (C=O) groups excluding carboxylic acids is 2. The summed E-state index contributed by atoms with van der Waals surface area (Å²) >= 11 is 1.38. The van der Waals surface area contributed by atoms with E-state index in [2.05, 4.69) is 15.5 Å².